The summed E-state index contributed by atoms with van der Waals surface area (Å²) >= 11 is 1.88. The molecule has 0 fully saturated rings. The Morgan fingerprint density at radius 1 is 1.44 bits per heavy atom. The fourth-order valence-corrected chi connectivity index (χ4v) is 1.73. The van der Waals surface area contributed by atoms with Gasteiger partial charge in [0.05, 0.1) is 16.7 Å². The van der Waals surface area contributed by atoms with E-state index in [0.717, 1.165) is 4.90 Å². The molecule has 0 saturated carbocycles. The Morgan fingerprint density at radius 2 is 2.11 bits per heavy atom. The van der Waals surface area contributed by atoms with Gasteiger partial charge in [-0.25, -0.2) is 8.78 Å². The molecule has 0 aliphatic carbocycles. The summed E-state index contributed by atoms with van der Waals surface area (Å²) in [7, 11) is 0. The van der Waals surface area contributed by atoms with Crippen LogP contribution >= 0.6 is 22.6 Å². The summed E-state index contributed by atoms with van der Waals surface area (Å²) in [6.07, 6.45) is -2.67. The normalized spacial score (nSPS) is 10.7. The number of phenolic OH excluding ortho intramolecular Hbond substituents is 1. The number of aromatic hydroxyl groups is 1. The zero-order chi connectivity index (χ0) is 13.7. The lowest BCUT2D eigenvalue weighted by molar-refractivity contribution is 0.0509. The lowest BCUT2D eigenvalue weighted by atomic mass is 10.2. The Morgan fingerprint density at radius 3 is 2.61 bits per heavy atom. The van der Waals surface area contributed by atoms with Crippen molar-refractivity contribution in [2.45, 2.75) is 6.43 Å². The van der Waals surface area contributed by atoms with Crippen LogP contribution in [-0.4, -0.2) is 47.1 Å². The van der Waals surface area contributed by atoms with Crippen molar-refractivity contribution in [1.29, 1.82) is 0 Å². The molecule has 1 rings (SSSR count). The van der Waals surface area contributed by atoms with Crippen molar-refractivity contribution in [2.24, 2.45) is 0 Å². The van der Waals surface area contributed by atoms with Gasteiger partial charge in [-0.1, -0.05) is 0 Å². The molecule has 4 nitrogen and oxygen atoms in total. The molecule has 2 N–H and O–H groups in total. The van der Waals surface area contributed by atoms with Gasteiger partial charge in [0.1, 0.15) is 5.75 Å². The first-order chi connectivity index (χ1) is 8.45. The number of aliphatic hydroxyl groups is 1. The molecule has 0 spiro atoms. The van der Waals surface area contributed by atoms with E-state index in [1.165, 1.54) is 18.2 Å². The highest BCUT2D eigenvalue weighted by atomic mass is 127. The van der Waals surface area contributed by atoms with Gasteiger partial charge in [0, 0.05) is 12.1 Å². The zero-order valence-corrected chi connectivity index (χ0v) is 11.5. The second-order valence-electron chi connectivity index (χ2n) is 3.53. The molecule has 100 valence electrons. The Balaban J connectivity index is 2.90. The third-order valence-electron chi connectivity index (χ3n) is 2.21. The molecule has 1 aromatic rings. The number of carbonyl (C=O) groups is 1. The fourth-order valence-electron chi connectivity index (χ4n) is 1.39. The van der Waals surface area contributed by atoms with Gasteiger partial charge in [-0.05, 0) is 40.8 Å². The van der Waals surface area contributed by atoms with Gasteiger partial charge in [-0.3, -0.25) is 4.79 Å². The Hall–Kier alpha value is -0.960. The summed E-state index contributed by atoms with van der Waals surface area (Å²) in [5.74, 6) is -0.724. The number of carbonyl (C=O) groups excluding carboxylic acids is 1. The smallest absolute Gasteiger partial charge is 0.255 e. The minimum absolute atomic E-state index is 0.0811. The van der Waals surface area contributed by atoms with Crippen molar-refractivity contribution in [3.8, 4) is 5.75 Å². The number of phenols is 1. The summed E-state index contributed by atoms with van der Waals surface area (Å²) in [4.78, 5) is 12.8. The molecule has 0 unspecified atom stereocenters. The number of amides is 1. The van der Waals surface area contributed by atoms with Crippen molar-refractivity contribution >= 4 is 28.5 Å². The molecule has 0 bridgehead atoms. The van der Waals surface area contributed by atoms with Crippen LogP contribution in [0.5, 0.6) is 5.75 Å². The maximum absolute atomic E-state index is 12.3. The number of rotatable bonds is 5. The second-order valence-corrected chi connectivity index (χ2v) is 4.69. The van der Waals surface area contributed by atoms with Gasteiger partial charge >= 0.3 is 0 Å². The van der Waals surface area contributed by atoms with Crippen LogP contribution in [0.3, 0.4) is 0 Å². The van der Waals surface area contributed by atoms with Gasteiger partial charge < -0.3 is 15.1 Å². The molecule has 1 aromatic carbocycles. The summed E-state index contributed by atoms with van der Waals surface area (Å²) in [5.41, 5.74) is 0.113. The van der Waals surface area contributed by atoms with E-state index in [1.54, 1.807) is 0 Å². The van der Waals surface area contributed by atoms with Gasteiger partial charge in [-0.15, -0.1) is 0 Å². The van der Waals surface area contributed by atoms with E-state index >= 15 is 0 Å². The van der Waals surface area contributed by atoms with Crippen LogP contribution in [0.4, 0.5) is 8.78 Å². The van der Waals surface area contributed by atoms with Crippen LogP contribution in [0, 0.1) is 3.57 Å². The minimum atomic E-state index is -2.67. The molecular formula is C11H12F2INO3. The summed E-state index contributed by atoms with van der Waals surface area (Å²) in [6.45, 7) is -1.31. The average molecular weight is 371 g/mol. The molecule has 0 radical (unpaired) electrons. The van der Waals surface area contributed by atoms with Crippen molar-refractivity contribution in [3.05, 3.63) is 27.3 Å². The third-order valence-corrected chi connectivity index (χ3v) is 3.12. The van der Waals surface area contributed by atoms with Crippen molar-refractivity contribution in [2.75, 3.05) is 19.7 Å². The van der Waals surface area contributed by atoms with E-state index in [-0.39, 0.29) is 17.9 Å². The largest absolute Gasteiger partial charge is 0.507 e. The minimum Gasteiger partial charge on any atom is -0.507 e. The number of alkyl halides is 2. The molecule has 0 atom stereocenters. The number of halogens is 3. The Kier molecular flexibility index (Phi) is 5.73. The fraction of sp³-hybridized carbons (Fsp3) is 0.364. The zero-order valence-electron chi connectivity index (χ0n) is 9.31. The number of hydrogen-bond donors (Lipinski definition) is 2. The van der Waals surface area contributed by atoms with Crippen LogP contribution in [0.25, 0.3) is 0 Å². The van der Waals surface area contributed by atoms with Gasteiger partial charge in [0.25, 0.3) is 12.3 Å². The van der Waals surface area contributed by atoms with Crippen molar-refractivity contribution < 1.29 is 23.8 Å². The summed E-state index contributed by atoms with van der Waals surface area (Å²) in [6, 6.07) is 4.18. The molecule has 18 heavy (non-hydrogen) atoms. The van der Waals surface area contributed by atoms with Crippen molar-refractivity contribution in [1.82, 2.24) is 4.90 Å². The predicted molar refractivity (Wildman–Crippen MR) is 69.8 cm³/mol. The molecule has 7 heteroatoms. The highest BCUT2D eigenvalue weighted by Crippen LogP contribution is 2.21. The molecule has 1 amide bonds. The number of benzene rings is 1. The lowest BCUT2D eigenvalue weighted by Crippen LogP contribution is -2.37. The first kappa shape index (κ1) is 15.1. The Labute approximate surface area is 116 Å². The SMILES string of the molecule is O=C(c1ccc(I)c(O)c1)N(CCO)CC(F)F. The predicted octanol–water partition coefficient (Wildman–Crippen LogP) is 1.70. The summed E-state index contributed by atoms with van der Waals surface area (Å²) < 4.78 is 25.2. The quantitative estimate of drug-likeness (QED) is 0.775. The van der Waals surface area contributed by atoms with E-state index in [9.17, 15) is 18.7 Å². The molecule has 0 aromatic heterocycles. The topological polar surface area (TPSA) is 60.8 Å². The van der Waals surface area contributed by atoms with E-state index in [4.69, 9.17) is 5.11 Å². The molecule has 0 saturated heterocycles. The molecule has 0 aliphatic heterocycles. The first-order valence-corrected chi connectivity index (χ1v) is 6.20. The third kappa shape index (κ3) is 4.05. The standard InChI is InChI=1S/C11H12F2INO3/c12-10(13)6-15(3-4-16)11(18)7-1-2-8(14)9(17)5-7/h1-2,5,10,16-17H,3-4,6H2. The monoisotopic (exact) mass is 371 g/mol. The molecule has 0 aliphatic rings. The maximum Gasteiger partial charge on any atom is 0.255 e. The van der Waals surface area contributed by atoms with Gasteiger partial charge in [0.2, 0.25) is 0 Å². The highest BCUT2D eigenvalue weighted by molar-refractivity contribution is 14.1. The van der Waals surface area contributed by atoms with Crippen molar-refractivity contribution in [3.63, 3.8) is 0 Å². The average Bonchev–Trinajstić information content (AvgIpc) is 2.31. The van der Waals surface area contributed by atoms with Crippen LogP contribution in [0.2, 0.25) is 0 Å². The van der Waals surface area contributed by atoms with E-state index < -0.39 is 25.5 Å². The highest BCUT2D eigenvalue weighted by Gasteiger charge is 2.19. The van der Waals surface area contributed by atoms with E-state index in [1.807, 2.05) is 22.6 Å². The maximum atomic E-state index is 12.3. The number of nitrogens with zero attached hydrogens (tertiary/aromatic N) is 1. The number of aliphatic hydroxyl groups excluding tert-OH is 1. The van der Waals surface area contributed by atoms with E-state index in [0.29, 0.717) is 3.57 Å². The van der Waals surface area contributed by atoms with Gasteiger partial charge in [-0.2, -0.15) is 0 Å². The second kappa shape index (κ2) is 6.83. The first-order valence-electron chi connectivity index (χ1n) is 5.12. The van der Waals surface area contributed by atoms with Crippen LogP contribution in [0.1, 0.15) is 10.4 Å². The lowest BCUT2D eigenvalue weighted by Gasteiger charge is -2.21. The Bertz CT molecular complexity index is 429. The summed E-state index contributed by atoms with van der Waals surface area (Å²) in [5, 5.41) is 18.2. The molecular weight excluding hydrogens is 359 g/mol. The van der Waals surface area contributed by atoms with Gasteiger partial charge in [0.15, 0.2) is 0 Å². The van der Waals surface area contributed by atoms with Crippen LogP contribution in [-0.2, 0) is 0 Å². The molecule has 0 heterocycles. The number of hydrogen-bond acceptors (Lipinski definition) is 3. The van der Waals surface area contributed by atoms with Crippen LogP contribution < -0.4 is 0 Å². The van der Waals surface area contributed by atoms with E-state index in [2.05, 4.69) is 0 Å². The van der Waals surface area contributed by atoms with Crippen LogP contribution in [0.15, 0.2) is 18.2 Å².